The molecule has 0 bridgehead atoms. The minimum atomic E-state index is -0.00114. The predicted octanol–water partition coefficient (Wildman–Crippen LogP) is 5.36. The molecule has 2 amide bonds. The number of nitrogens with zero attached hydrogens (tertiary/aromatic N) is 2. The van der Waals surface area contributed by atoms with Crippen LogP contribution in [0.3, 0.4) is 0 Å². The van der Waals surface area contributed by atoms with Crippen molar-refractivity contribution in [3.8, 4) is 11.5 Å². The number of fused-ring (bicyclic) bond motifs is 1. The van der Waals surface area contributed by atoms with E-state index in [9.17, 15) is 9.59 Å². The van der Waals surface area contributed by atoms with Gasteiger partial charge in [-0.2, -0.15) is 0 Å². The molecular formula is C29H29N3O3. The first-order valence-corrected chi connectivity index (χ1v) is 12.1. The van der Waals surface area contributed by atoms with Gasteiger partial charge in [-0.05, 0) is 61.6 Å². The van der Waals surface area contributed by atoms with Crippen LogP contribution in [0.15, 0.2) is 77.2 Å². The third kappa shape index (κ3) is 5.43. The van der Waals surface area contributed by atoms with E-state index >= 15 is 0 Å². The number of amides is 2. The van der Waals surface area contributed by atoms with Crippen LogP contribution in [0.1, 0.15) is 40.7 Å². The van der Waals surface area contributed by atoms with Crippen molar-refractivity contribution < 1.29 is 14.0 Å². The zero-order valence-corrected chi connectivity index (χ0v) is 19.9. The van der Waals surface area contributed by atoms with E-state index in [1.54, 1.807) is 6.07 Å². The van der Waals surface area contributed by atoms with Crippen molar-refractivity contribution in [3.63, 3.8) is 0 Å². The molecule has 3 aromatic carbocycles. The van der Waals surface area contributed by atoms with Crippen LogP contribution < -0.4 is 5.32 Å². The van der Waals surface area contributed by atoms with Gasteiger partial charge < -0.3 is 14.6 Å². The van der Waals surface area contributed by atoms with Gasteiger partial charge in [0.1, 0.15) is 5.52 Å². The number of hydrogen-bond donors (Lipinski definition) is 1. The summed E-state index contributed by atoms with van der Waals surface area (Å²) in [7, 11) is 0. The minimum Gasteiger partial charge on any atom is -0.436 e. The summed E-state index contributed by atoms with van der Waals surface area (Å²) in [5.74, 6) is 0.916. The molecule has 1 aliphatic rings. The van der Waals surface area contributed by atoms with E-state index in [0.29, 0.717) is 54.5 Å². The second kappa shape index (κ2) is 10.1. The van der Waals surface area contributed by atoms with Gasteiger partial charge in [-0.15, -0.1) is 0 Å². The molecule has 0 radical (unpaired) electrons. The van der Waals surface area contributed by atoms with E-state index in [0.717, 1.165) is 24.0 Å². The summed E-state index contributed by atoms with van der Waals surface area (Å²) in [6.07, 6.45) is 2.16. The second-order valence-electron chi connectivity index (χ2n) is 9.27. The summed E-state index contributed by atoms with van der Waals surface area (Å²) in [5.41, 5.74) is 5.13. The van der Waals surface area contributed by atoms with Gasteiger partial charge in [0.05, 0.1) is 0 Å². The molecule has 2 heterocycles. The molecule has 178 valence electrons. The Kier molecular flexibility index (Phi) is 6.62. The lowest BCUT2D eigenvalue weighted by molar-refractivity contribution is -0.122. The summed E-state index contributed by atoms with van der Waals surface area (Å²) < 4.78 is 5.90. The summed E-state index contributed by atoms with van der Waals surface area (Å²) in [6, 6.07) is 23.4. The number of rotatable bonds is 6. The van der Waals surface area contributed by atoms with Crippen LogP contribution in [0.2, 0.25) is 0 Å². The lowest BCUT2D eigenvalue weighted by Gasteiger charge is -2.31. The lowest BCUT2D eigenvalue weighted by atomic mass is 9.92. The Hall–Kier alpha value is -3.93. The van der Waals surface area contributed by atoms with Crippen molar-refractivity contribution in [2.24, 2.45) is 5.92 Å². The van der Waals surface area contributed by atoms with Crippen LogP contribution in [0, 0.1) is 12.8 Å². The number of nitrogens with one attached hydrogen (secondary N) is 1. The topological polar surface area (TPSA) is 75.4 Å². The molecule has 0 atom stereocenters. The van der Waals surface area contributed by atoms with Crippen LogP contribution >= 0.6 is 0 Å². The van der Waals surface area contributed by atoms with Gasteiger partial charge in [0, 0.05) is 37.2 Å². The maximum Gasteiger partial charge on any atom is 0.253 e. The SMILES string of the molecule is Cc1ccc(-c2nc3cc(C(=O)N4CCC(CC(=O)NCc5ccccc5)CC4)ccc3o2)cc1. The molecule has 5 rings (SSSR count). The van der Waals surface area contributed by atoms with E-state index < -0.39 is 0 Å². The fraction of sp³-hybridized carbons (Fsp3) is 0.276. The molecule has 0 aliphatic carbocycles. The van der Waals surface area contributed by atoms with Crippen LogP contribution in [0.25, 0.3) is 22.6 Å². The monoisotopic (exact) mass is 467 g/mol. The van der Waals surface area contributed by atoms with Crippen molar-refractivity contribution in [2.75, 3.05) is 13.1 Å². The van der Waals surface area contributed by atoms with Crippen molar-refractivity contribution >= 4 is 22.9 Å². The Bertz CT molecular complexity index is 1320. The average molecular weight is 468 g/mol. The molecule has 1 saturated heterocycles. The smallest absolute Gasteiger partial charge is 0.253 e. The van der Waals surface area contributed by atoms with Crippen LogP contribution in [-0.4, -0.2) is 34.8 Å². The van der Waals surface area contributed by atoms with Crippen molar-refractivity contribution in [1.29, 1.82) is 0 Å². The van der Waals surface area contributed by atoms with Gasteiger partial charge >= 0.3 is 0 Å². The normalized spacial score (nSPS) is 14.3. The molecule has 0 unspecified atom stereocenters. The van der Waals surface area contributed by atoms with E-state index in [1.165, 1.54) is 5.56 Å². The molecule has 6 nitrogen and oxygen atoms in total. The van der Waals surface area contributed by atoms with E-state index in [-0.39, 0.29) is 11.8 Å². The highest BCUT2D eigenvalue weighted by Crippen LogP contribution is 2.27. The Balaban J connectivity index is 1.16. The lowest BCUT2D eigenvalue weighted by Crippen LogP contribution is -2.39. The van der Waals surface area contributed by atoms with Gasteiger partial charge in [0.25, 0.3) is 5.91 Å². The summed E-state index contributed by atoms with van der Waals surface area (Å²) >= 11 is 0. The first-order chi connectivity index (χ1) is 17.0. The Morgan fingerprint density at radius 2 is 1.74 bits per heavy atom. The first kappa shape index (κ1) is 22.8. The molecule has 1 fully saturated rings. The number of carbonyl (C=O) groups excluding carboxylic acids is 2. The van der Waals surface area contributed by atoms with Crippen molar-refractivity contribution in [3.05, 3.63) is 89.5 Å². The number of carbonyl (C=O) groups is 2. The summed E-state index contributed by atoms with van der Waals surface area (Å²) in [4.78, 5) is 32.0. The third-order valence-corrected chi connectivity index (χ3v) is 6.64. The molecular weight excluding hydrogens is 438 g/mol. The summed E-state index contributed by atoms with van der Waals surface area (Å²) in [6.45, 7) is 3.90. The summed E-state index contributed by atoms with van der Waals surface area (Å²) in [5, 5.41) is 3.00. The number of benzene rings is 3. The number of piperidine rings is 1. The van der Waals surface area contributed by atoms with Gasteiger partial charge in [0.2, 0.25) is 11.8 Å². The van der Waals surface area contributed by atoms with Crippen LogP contribution in [0.5, 0.6) is 0 Å². The maximum absolute atomic E-state index is 13.1. The van der Waals surface area contributed by atoms with E-state index in [1.807, 2.05) is 78.6 Å². The van der Waals surface area contributed by atoms with Crippen molar-refractivity contribution in [2.45, 2.75) is 32.7 Å². The Labute approximate surface area is 205 Å². The molecule has 4 aromatic rings. The number of aromatic nitrogens is 1. The molecule has 35 heavy (non-hydrogen) atoms. The largest absolute Gasteiger partial charge is 0.436 e. The standard InChI is InChI=1S/C29H29N3O3/c1-20-7-9-23(10-8-20)28-31-25-18-24(11-12-26(25)35-28)29(34)32-15-13-21(14-16-32)17-27(33)30-19-22-5-3-2-4-6-22/h2-12,18,21H,13-17,19H2,1H3,(H,30,33). The van der Waals surface area contributed by atoms with E-state index in [2.05, 4.69) is 10.3 Å². The highest BCUT2D eigenvalue weighted by Gasteiger charge is 2.25. The van der Waals surface area contributed by atoms with Gasteiger partial charge in [-0.1, -0.05) is 48.0 Å². The number of hydrogen-bond acceptors (Lipinski definition) is 4. The zero-order chi connectivity index (χ0) is 24.2. The molecule has 1 N–H and O–H groups in total. The second-order valence-corrected chi connectivity index (χ2v) is 9.27. The zero-order valence-electron chi connectivity index (χ0n) is 19.9. The molecule has 1 aliphatic heterocycles. The number of oxazole rings is 1. The molecule has 6 heteroatoms. The predicted molar refractivity (Wildman–Crippen MR) is 136 cm³/mol. The van der Waals surface area contributed by atoms with E-state index in [4.69, 9.17) is 4.42 Å². The minimum absolute atomic E-state index is 0.00114. The molecule has 0 saturated carbocycles. The third-order valence-electron chi connectivity index (χ3n) is 6.64. The molecule has 1 aromatic heterocycles. The average Bonchev–Trinajstić information content (AvgIpc) is 3.32. The Morgan fingerprint density at radius 1 is 1.00 bits per heavy atom. The number of likely N-dealkylation sites (tertiary alicyclic amines) is 1. The van der Waals surface area contributed by atoms with Crippen LogP contribution in [-0.2, 0) is 11.3 Å². The van der Waals surface area contributed by atoms with Crippen LogP contribution in [0.4, 0.5) is 0 Å². The van der Waals surface area contributed by atoms with Gasteiger partial charge in [0.15, 0.2) is 5.58 Å². The number of aryl methyl sites for hydroxylation is 1. The van der Waals surface area contributed by atoms with Crippen molar-refractivity contribution in [1.82, 2.24) is 15.2 Å². The van der Waals surface area contributed by atoms with Gasteiger partial charge in [-0.25, -0.2) is 4.98 Å². The fourth-order valence-corrected chi connectivity index (χ4v) is 4.53. The fourth-order valence-electron chi connectivity index (χ4n) is 4.53. The quantitative estimate of drug-likeness (QED) is 0.414. The highest BCUT2D eigenvalue weighted by atomic mass is 16.3. The maximum atomic E-state index is 13.1. The molecule has 0 spiro atoms. The highest BCUT2D eigenvalue weighted by molar-refractivity contribution is 5.97. The first-order valence-electron chi connectivity index (χ1n) is 12.1. The van der Waals surface area contributed by atoms with Gasteiger partial charge in [-0.3, -0.25) is 9.59 Å². The Morgan fingerprint density at radius 3 is 2.49 bits per heavy atom.